The maximum Gasteiger partial charge on any atom is 0.243 e. The molecule has 2 aliphatic heterocycles. The summed E-state index contributed by atoms with van der Waals surface area (Å²) in [7, 11) is 0. The van der Waals surface area contributed by atoms with E-state index in [-0.39, 0.29) is 12.1 Å². The monoisotopic (exact) mass is 283 g/mol. The molecule has 7 heteroatoms. The van der Waals surface area contributed by atoms with E-state index in [1.807, 2.05) is 6.92 Å². The van der Waals surface area contributed by atoms with Crippen LogP contribution in [0.3, 0.4) is 0 Å². The van der Waals surface area contributed by atoms with Crippen molar-refractivity contribution in [3.63, 3.8) is 0 Å². The molecule has 0 bridgehead atoms. The minimum absolute atomic E-state index is 0.0650. The lowest BCUT2D eigenvalue weighted by molar-refractivity contribution is -0.118. The van der Waals surface area contributed by atoms with Crippen LogP contribution in [0.15, 0.2) is 4.52 Å². The second-order valence-corrected chi connectivity index (χ2v) is 5.35. The number of aliphatic hydroxyl groups is 1. The Morgan fingerprint density at radius 2 is 2.25 bits per heavy atom. The van der Waals surface area contributed by atoms with Gasteiger partial charge >= 0.3 is 0 Å². The van der Waals surface area contributed by atoms with Crippen LogP contribution < -0.4 is 5.32 Å². The largest absolute Gasteiger partial charge is 0.392 e. The Bertz CT molecular complexity index is 439. The predicted octanol–water partition coefficient (Wildman–Crippen LogP) is 0.507. The summed E-state index contributed by atoms with van der Waals surface area (Å²) in [5, 5.41) is 16.8. The van der Waals surface area contributed by atoms with Crippen molar-refractivity contribution in [1.29, 1.82) is 0 Å². The van der Waals surface area contributed by atoms with E-state index in [1.165, 1.54) is 0 Å². The van der Waals surface area contributed by atoms with Crippen molar-refractivity contribution >= 4 is 0 Å². The molecule has 20 heavy (non-hydrogen) atoms. The average molecular weight is 283 g/mol. The van der Waals surface area contributed by atoms with Crippen LogP contribution >= 0.6 is 0 Å². The summed E-state index contributed by atoms with van der Waals surface area (Å²) in [6.45, 7) is 4.42. The van der Waals surface area contributed by atoms with Gasteiger partial charge in [-0.2, -0.15) is 4.98 Å². The van der Waals surface area contributed by atoms with Crippen molar-refractivity contribution in [3.05, 3.63) is 11.7 Å². The minimum Gasteiger partial charge on any atom is -0.392 e. The molecule has 0 aromatic carbocycles. The number of aliphatic hydroxyl groups excluding tert-OH is 1. The van der Waals surface area contributed by atoms with Crippen LogP contribution in [0.5, 0.6) is 0 Å². The first kappa shape index (κ1) is 13.9. The zero-order valence-electron chi connectivity index (χ0n) is 11.7. The van der Waals surface area contributed by atoms with E-state index in [9.17, 15) is 5.11 Å². The summed E-state index contributed by atoms with van der Waals surface area (Å²) in [5.74, 6) is 1.13. The smallest absolute Gasteiger partial charge is 0.243 e. The van der Waals surface area contributed by atoms with Crippen molar-refractivity contribution < 1.29 is 19.1 Å². The van der Waals surface area contributed by atoms with E-state index in [1.54, 1.807) is 0 Å². The fourth-order valence-corrected chi connectivity index (χ4v) is 2.88. The molecule has 0 unspecified atom stereocenters. The number of β-amino-alcohol motifs (C(OH)–C–C–N with tert-alkyl or cyclic N) is 1. The summed E-state index contributed by atoms with van der Waals surface area (Å²) in [4.78, 5) is 4.51. The highest BCUT2D eigenvalue weighted by molar-refractivity contribution is 5.06. The maximum atomic E-state index is 9.56. The number of aromatic nitrogens is 2. The molecular formula is C13H21N3O4. The highest BCUT2D eigenvalue weighted by atomic mass is 16.5. The first-order valence-corrected chi connectivity index (χ1v) is 7.21. The van der Waals surface area contributed by atoms with Crippen molar-refractivity contribution in [2.45, 2.75) is 43.9 Å². The summed E-state index contributed by atoms with van der Waals surface area (Å²) >= 11 is 0. The summed E-state index contributed by atoms with van der Waals surface area (Å²) < 4.78 is 16.7. The molecule has 3 rings (SSSR count). The molecule has 2 saturated heterocycles. The molecule has 0 radical (unpaired) electrons. The Kier molecular flexibility index (Phi) is 4.02. The number of nitrogens with one attached hydrogen (secondary N) is 1. The first-order chi connectivity index (χ1) is 9.73. The highest BCUT2D eigenvalue weighted by Crippen LogP contribution is 2.35. The highest BCUT2D eigenvalue weighted by Gasteiger charge is 2.41. The van der Waals surface area contributed by atoms with E-state index >= 15 is 0 Å². The fourth-order valence-electron chi connectivity index (χ4n) is 2.88. The lowest BCUT2D eigenvalue weighted by Gasteiger charge is -2.33. The third kappa shape index (κ3) is 2.58. The molecule has 1 aromatic heterocycles. The lowest BCUT2D eigenvalue weighted by Crippen LogP contribution is -2.37. The molecule has 1 aromatic rings. The second kappa shape index (κ2) is 5.77. The molecule has 7 nitrogen and oxygen atoms in total. The quantitative estimate of drug-likeness (QED) is 0.832. The van der Waals surface area contributed by atoms with Gasteiger partial charge in [-0.25, -0.2) is 0 Å². The molecule has 0 amide bonds. The Morgan fingerprint density at radius 1 is 1.45 bits per heavy atom. The molecular weight excluding hydrogens is 262 g/mol. The van der Waals surface area contributed by atoms with Gasteiger partial charge in [0.2, 0.25) is 11.7 Å². The Balaban J connectivity index is 1.79. The van der Waals surface area contributed by atoms with Gasteiger partial charge in [-0.1, -0.05) is 5.16 Å². The van der Waals surface area contributed by atoms with E-state index in [0.29, 0.717) is 44.5 Å². The van der Waals surface area contributed by atoms with Crippen molar-refractivity contribution in [3.8, 4) is 0 Å². The normalized spacial score (nSPS) is 29.7. The molecule has 0 aliphatic carbocycles. The minimum atomic E-state index is -0.494. The molecule has 112 valence electrons. The standard InChI is InChI=1S/C13H21N3O4/c1-2-19-13(3-5-18-6-4-13)12-15-11(20-16-12)10-7-9(17)8-14-10/h9-10,14,17H,2-8H2,1H3/t9-,10+/m1/s1. The fraction of sp³-hybridized carbons (Fsp3) is 0.846. The number of hydrogen-bond donors (Lipinski definition) is 2. The summed E-state index contributed by atoms with van der Waals surface area (Å²) in [6.07, 6.45) is 1.73. The predicted molar refractivity (Wildman–Crippen MR) is 69.0 cm³/mol. The third-order valence-corrected chi connectivity index (χ3v) is 3.98. The van der Waals surface area contributed by atoms with Gasteiger partial charge in [0.05, 0.1) is 12.1 Å². The van der Waals surface area contributed by atoms with E-state index in [2.05, 4.69) is 15.5 Å². The van der Waals surface area contributed by atoms with Gasteiger partial charge in [0.25, 0.3) is 0 Å². The maximum absolute atomic E-state index is 9.56. The van der Waals surface area contributed by atoms with Crippen LogP contribution in [0.1, 0.15) is 43.9 Å². The topological polar surface area (TPSA) is 89.6 Å². The SMILES string of the molecule is CCOC1(c2noc([C@@H]3C[C@@H](O)CN3)n2)CCOCC1. The third-order valence-electron chi connectivity index (χ3n) is 3.98. The molecule has 2 aliphatic rings. The van der Waals surface area contributed by atoms with Crippen LogP contribution in [0.25, 0.3) is 0 Å². The van der Waals surface area contributed by atoms with E-state index < -0.39 is 5.60 Å². The van der Waals surface area contributed by atoms with Crippen LogP contribution in [0.4, 0.5) is 0 Å². The van der Waals surface area contributed by atoms with Gasteiger partial charge in [-0.15, -0.1) is 0 Å². The zero-order valence-corrected chi connectivity index (χ0v) is 11.7. The number of ether oxygens (including phenoxy) is 2. The summed E-state index contributed by atoms with van der Waals surface area (Å²) in [6, 6.07) is -0.0650. The van der Waals surface area contributed by atoms with Gasteiger partial charge in [0.15, 0.2) is 0 Å². The van der Waals surface area contributed by atoms with Crippen LogP contribution in [0, 0.1) is 0 Å². The van der Waals surface area contributed by atoms with Crippen molar-refractivity contribution in [2.75, 3.05) is 26.4 Å². The molecule has 3 heterocycles. The van der Waals surface area contributed by atoms with E-state index in [0.717, 1.165) is 12.8 Å². The second-order valence-electron chi connectivity index (χ2n) is 5.35. The molecule has 0 saturated carbocycles. The van der Waals surface area contributed by atoms with Crippen molar-refractivity contribution in [1.82, 2.24) is 15.5 Å². The number of nitrogens with zero attached hydrogens (tertiary/aromatic N) is 2. The van der Waals surface area contributed by atoms with Gasteiger partial charge in [0, 0.05) is 39.2 Å². The zero-order chi connectivity index (χ0) is 14.0. The molecule has 2 atom stereocenters. The molecule has 2 fully saturated rings. The molecule has 2 N–H and O–H groups in total. The molecule has 0 spiro atoms. The number of hydrogen-bond acceptors (Lipinski definition) is 7. The van der Waals surface area contributed by atoms with E-state index in [4.69, 9.17) is 14.0 Å². The first-order valence-electron chi connectivity index (χ1n) is 7.21. The van der Waals surface area contributed by atoms with Crippen LogP contribution in [-0.2, 0) is 15.1 Å². The number of rotatable bonds is 4. The summed E-state index contributed by atoms with van der Waals surface area (Å²) in [5.41, 5.74) is -0.494. The average Bonchev–Trinajstić information content (AvgIpc) is 3.09. The van der Waals surface area contributed by atoms with Gasteiger partial charge in [-0.05, 0) is 13.3 Å². The van der Waals surface area contributed by atoms with Gasteiger partial charge < -0.3 is 24.4 Å². The van der Waals surface area contributed by atoms with Crippen LogP contribution in [-0.4, -0.2) is 47.7 Å². The lowest BCUT2D eigenvalue weighted by atomic mass is 9.93. The van der Waals surface area contributed by atoms with Crippen molar-refractivity contribution in [2.24, 2.45) is 0 Å². The van der Waals surface area contributed by atoms with Crippen LogP contribution in [0.2, 0.25) is 0 Å². The Labute approximate surface area is 117 Å². The van der Waals surface area contributed by atoms with Gasteiger partial charge in [-0.3, -0.25) is 0 Å². The van der Waals surface area contributed by atoms with Gasteiger partial charge in [0.1, 0.15) is 5.60 Å². The Hall–Kier alpha value is -1.02. The Morgan fingerprint density at radius 3 is 2.90 bits per heavy atom.